The molecular weight excluding hydrogens is 397 g/mol. The van der Waals surface area contributed by atoms with Crippen LogP contribution in [0, 0.1) is 5.82 Å². The van der Waals surface area contributed by atoms with Gasteiger partial charge in [-0.15, -0.1) is 0 Å². The number of carbonyl (C=O) groups is 1. The summed E-state index contributed by atoms with van der Waals surface area (Å²) in [7, 11) is -3.42. The molecular formula is C20H18FN3O4S. The molecule has 9 heteroatoms. The molecule has 1 aliphatic rings. The monoisotopic (exact) mass is 415 g/mol. The summed E-state index contributed by atoms with van der Waals surface area (Å²) in [5.41, 5.74) is 0.680. The third-order valence-corrected chi connectivity index (χ3v) is 5.35. The molecule has 2 N–H and O–H groups in total. The minimum absolute atomic E-state index is 0.261. The Kier molecular flexibility index (Phi) is 4.62. The SMILES string of the molecule is CS(=O)(=O)Nc1cccc(NC(=O)C2(c3cc(-c4ccccc4F)on3)CC2)c1. The van der Waals surface area contributed by atoms with Crippen LogP contribution in [0.5, 0.6) is 0 Å². The van der Waals surface area contributed by atoms with E-state index >= 15 is 0 Å². The summed E-state index contributed by atoms with van der Waals surface area (Å²) in [6.07, 6.45) is 2.22. The quantitative estimate of drug-likeness (QED) is 0.641. The summed E-state index contributed by atoms with van der Waals surface area (Å²) in [4.78, 5) is 12.9. The minimum atomic E-state index is -3.42. The number of nitrogens with zero attached hydrogens (tertiary/aromatic N) is 1. The molecule has 1 heterocycles. The predicted molar refractivity (Wildman–Crippen MR) is 106 cm³/mol. The summed E-state index contributed by atoms with van der Waals surface area (Å²) in [6.45, 7) is 0. The highest BCUT2D eigenvalue weighted by atomic mass is 32.2. The van der Waals surface area contributed by atoms with Gasteiger partial charge in [0.25, 0.3) is 0 Å². The molecule has 0 atom stereocenters. The molecule has 4 rings (SSSR count). The van der Waals surface area contributed by atoms with E-state index in [-0.39, 0.29) is 17.2 Å². The van der Waals surface area contributed by atoms with Crippen molar-refractivity contribution >= 4 is 27.3 Å². The first-order valence-corrected chi connectivity index (χ1v) is 10.8. The lowest BCUT2D eigenvalue weighted by molar-refractivity contribution is -0.118. The fourth-order valence-electron chi connectivity index (χ4n) is 3.14. The van der Waals surface area contributed by atoms with Crippen LogP contribution in [-0.4, -0.2) is 25.7 Å². The van der Waals surface area contributed by atoms with Crippen molar-refractivity contribution in [2.24, 2.45) is 0 Å². The van der Waals surface area contributed by atoms with Crippen molar-refractivity contribution in [2.75, 3.05) is 16.3 Å². The molecule has 0 radical (unpaired) electrons. The second-order valence-electron chi connectivity index (χ2n) is 7.05. The fraction of sp³-hybridized carbons (Fsp3) is 0.200. The first-order valence-electron chi connectivity index (χ1n) is 8.88. The Hall–Kier alpha value is -3.20. The second-order valence-corrected chi connectivity index (χ2v) is 8.80. The van der Waals surface area contributed by atoms with E-state index in [9.17, 15) is 17.6 Å². The van der Waals surface area contributed by atoms with Gasteiger partial charge in [0, 0.05) is 11.8 Å². The average Bonchev–Trinajstić information content (AvgIpc) is 3.32. The zero-order chi connectivity index (χ0) is 20.6. The molecule has 2 aromatic carbocycles. The van der Waals surface area contributed by atoms with Gasteiger partial charge in [-0.25, -0.2) is 12.8 Å². The van der Waals surface area contributed by atoms with Crippen molar-refractivity contribution in [3.8, 4) is 11.3 Å². The molecule has 1 saturated carbocycles. The Balaban J connectivity index is 1.54. The number of rotatable bonds is 6. The van der Waals surface area contributed by atoms with Gasteiger partial charge in [0.1, 0.15) is 5.82 Å². The summed E-state index contributed by atoms with van der Waals surface area (Å²) in [5, 5.41) is 6.80. The normalized spacial score (nSPS) is 15.0. The summed E-state index contributed by atoms with van der Waals surface area (Å²) >= 11 is 0. The van der Waals surface area contributed by atoms with Crippen molar-refractivity contribution in [1.29, 1.82) is 0 Å². The highest BCUT2D eigenvalue weighted by Crippen LogP contribution is 2.49. The maximum atomic E-state index is 14.0. The maximum Gasteiger partial charge on any atom is 0.236 e. The van der Waals surface area contributed by atoms with Crippen molar-refractivity contribution in [3.05, 3.63) is 66.1 Å². The molecule has 0 bridgehead atoms. The highest BCUT2D eigenvalue weighted by Gasteiger charge is 2.54. The summed E-state index contributed by atoms with van der Waals surface area (Å²) < 4.78 is 44.4. The number of sulfonamides is 1. The minimum Gasteiger partial charge on any atom is -0.356 e. The Morgan fingerprint density at radius 2 is 1.83 bits per heavy atom. The van der Waals surface area contributed by atoms with E-state index in [0.29, 0.717) is 29.9 Å². The molecule has 1 amide bonds. The van der Waals surface area contributed by atoms with E-state index in [1.807, 2.05) is 0 Å². The number of carbonyl (C=O) groups excluding carboxylic acids is 1. The van der Waals surface area contributed by atoms with Crippen LogP contribution in [0.1, 0.15) is 18.5 Å². The van der Waals surface area contributed by atoms with Crippen LogP contribution in [-0.2, 0) is 20.2 Å². The summed E-state index contributed by atoms with van der Waals surface area (Å²) in [6, 6.07) is 14.2. The molecule has 29 heavy (non-hydrogen) atoms. The number of aromatic nitrogens is 1. The van der Waals surface area contributed by atoms with Gasteiger partial charge in [0.2, 0.25) is 15.9 Å². The Morgan fingerprint density at radius 1 is 1.10 bits per heavy atom. The lowest BCUT2D eigenvalue weighted by Gasteiger charge is -2.13. The number of anilines is 2. The largest absolute Gasteiger partial charge is 0.356 e. The molecule has 0 saturated heterocycles. The smallest absolute Gasteiger partial charge is 0.236 e. The predicted octanol–water partition coefficient (Wildman–Crippen LogP) is 3.52. The van der Waals surface area contributed by atoms with Crippen molar-refractivity contribution < 1.29 is 22.1 Å². The highest BCUT2D eigenvalue weighted by molar-refractivity contribution is 7.92. The number of nitrogens with one attached hydrogen (secondary N) is 2. The van der Waals surface area contributed by atoms with E-state index in [1.165, 1.54) is 12.1 Å². The van der Waals surface area contributed by atoms with E-state index in [1.54, 1.807) is 42.5 Å². The maximum absolute atomic E-state index is 14.0. The Bertz CT molecular complexity index is 1190. The van der Waals surface area contributed by atoms with Gasteiger partial charge in [-0.1, -0.05) is 23.4 Å². The molecule has 150 valence electrons. The van der Waals surface area contributed by atoms with Gasteiger partial charge < -0.3 is 9.84 Å². The first kappa shape index (κ1) is 19.1. The Morgan fingerprint density at radius 3 is 2.52 bits per heavy atom. The van der Waals surface area contributed by atoms with Gasteiger partial charge in [0.05, 0.1) is 28.6 Å². The average molecular weight is 415 g/mol. The van der Waals surface area contributed by atoms with Gasteiger partial charge >= 0.3 is 0 Å². The molecule has 1 aliphatic carbocycles. The van der Waals surface area contributed by atoms with E-state index in [4.69, 9.17) is 4.52 Å². The zero-order valence-corrected chi connectivity index (χ0v) is 16.3. The molecule has 1 fully saturated rings. The molecule has 1 aromatic heterocycles. The van der Waals surface area contributed by atoms with Gasteiger partial charge in [-0.2, -0.15) is 0 Å². The lowest BCUT2D eigenvalue weighted by atomic mass is 10.00. The molecule has 7 nitrogen and oxygen atoms in total. The summed E-state index contributed by atoms with van der Waals surface area (Å²) in [5.74, 6) is -0.446. The van der Waals surface area contributed by atoms with Crippen LogP contribution in [0.15, 0.2) is 59.1 Å². The van der Waals surface area contributed by atoms with Crippen molar-refractivity contribution in [1.82, 2.24) is 5.16 Å². The standard InChI is InChI=1S/C20H18FN3O4S/c1-29(26,27)24-14-6-4-5-13(11-14)22-19(25)20(9-10-20)18-12-17(28-23-18)15-7-2-3-8-16(15)21/h2-8,11-12,24H,9-10H2,1H3,(H,22,25). The van der Waals surface area contributed by atoms with Crippen LogP contribution < -0.4 is 10.0 Å². The third-order valence-electron chi connectivity index (χ3n) is 4.75. The van der Waals surface area contributed by atoms with Gasteiger partial charge in [0.15, 0.2) is 5.76 Å². The fourth-order valence-corrected chi connectivity index (χ4v) is 3.69. The second kappa shape index (κ2) is 7.00. The molecule has 0 unspecified atom stereocenters. The van der Waals surface area contributed by atoms with E-state index in [0.717, 1.165) is 6.26 Å². The number of hydrogen-bond donors (Lipinski definition) is 2. The van der Waals surface area contributed by atoms with Gasteiger partial charge in [-0.05, 0) is 43.2 Å². The molecule has 3 aromatic rings. The third kappa shape index (κ3) is 4.00. The number of hydrogen-bond acceptors (Lipinski definition) is 5. The number of amides is 1. The van der Waals surface area contributed by atoms with Crippen LogP contribution >= 0.6 is 0 Å². The van der Waals surface area contributed by atoms with Crippen LogP contribution in [0.4, 0.5) is 15.8 Å². The Labute approximate surface area is 167 Å². The van der Waals surface area contributed by atoms with Gasteiger partial charge in [-0.3, -0.25) is 9.52 Å². The van der Waals surface area contributed by atoms with E-state index < -0.39 is 21.3 Å². The lowest BCUT2D eigenvalue weighted by Crippen LogP contribution is -2.28. The van der Waals surface area contributed by atoms with Crippen LogP contribution in [0.3, 0.4) is 0 Å². The van der Waals surface area contributed by atoms with Crippen LogP contribution in [0.2, 0.25) is 0 Å². The number of benzene rings is 2. The van der Waals surface area contributed by atoms with Crippen LogP contribution in [0.25, 0.3) is 11.3 Å². The molecule has 0 spiro atoms. The van der Waals surface area contributed by atoms with Crippen molar-refractivity contribution in [2.45, 2.75) is 18.3 Å². The van der Waals surface area contributed by atoms with Crippen molar-refractivity contribution in [3.63, 3.8) is 0 Å². The van der Waals surface area contributed by atoms with E-state index in [2.05, 4.69) is 15.2 Å². The zero-order valence-electron chi connectivity index (χ0n) is 15.5. The topological polar surface area (TPSA) is 101 Å². The molecule has 0 aliphatic heterocycles. The number of halogens is 1. The first-order chi connectivity index (χ1) is 13.8.